The molecule has 0 radical (unpaired) electrons. The summed E-state index contributed by atoms with van der Waals surface area (Å²) >= 11 is 0. The number of amides is 1. The van der Waals surface area contributed by atoms with Crippen LogP contribution in [0, 0.1) is 5.92 Å². The second-order valence-corrected chi connectivity index (χ2v) is 5.96. The molecule has 2 rings (SSSR count). The van der Waals surface area contributed by atoms with Gasteiger partial charge in [-0.3, -0.25) is 4.79 Å². The van der Waals surface area contributed by atoms with Crippen molar-refractivity contribution in [3.63, 3.8) is 0 Å². The minimum Gasteiger partial charge on any atom is -0.370 e. The van der Waals surface area contributed by atoms with Crippen LogP contribution in [0.1, 0.15) is 44.7 Å². The summed E-state index contributed by atoms with van der Waals surface area (Å²) in [7, 11) is 0. The molecule has 3 N–H and O–H groups in total. The number of primary amides is 1. The summed E-state index contributed by atoms with van der Waals surface area (Å²) in [6.45, 7) is 6.82. The van der Waals surface area contributed by atoms with Crippen LogP contribution in [-0.2, 0) is 4.79 Å². The smallest absolute Gasteiger partial charge is 0.222 e. The number of nitrogens with two attached hydrogens (primary N) is 1. The predicted octanol–water partition coefficient (Wildman–Crippen LogP) is 2.45. The van der Waals surface area contributed by atoms with Crippen molar-refractivity contribution < 1.29 is 4.79 Å². The van der Waals surface area contributed by atoms with E-state index in [0.717, 1.165) is 32.4 Å². The molecule has 1 aliphatic heterocycles. The molecule has 2 atom stereocenters. The van der Waals surface area contributed by atoms with Crippen molar-refractivity contribution in [3.8, 4) is 0 Å². The van der Waals surface area contributed by atoms with Crippen molar-refractivity contribution >= 4 is 11.6 Å². The van der Waals surface area contributed by atoms with E-state index < -0.39 is 0 Å². The summed E-state index contributed by atoms with van der Waals surface area (Å²) in [4.78, 5) is 13.7. The van der Waals surface area contributed by atoms with Gasteiger partial charge in [0.15, 0.2) is 0 Å². The highest BCUT2D eigenvalue weighted by Gasteiger charge is 2.24. The topological polar surface area (TPSA) is 58.4 Å². The third-order valence-corrected chi connectivity index (χ3v) is 4.19. The Kier molecular flexibility index (Phi) is 5.62. The highest BCUT2D eigenvalue weighted by atomic mass is 16.1. The van der Waals surface area contributed by atoms with Crippen LogP contribution in [0.15, 0.2) is 24.3 Å². The van der Waals surface area contributed by atoms with E-state index in [9.17, 15) is 4.79 Å². The number of hydrogen-bond donors (Lipinski definition) is 2. The molecule has 1 amide bonds. The lowest BCUT2D eigenvalue weighted by Crippen LogP contribution is -2.35. The Morgan fingerprint density at radius 3 is 2.95 bits per heavy atom. The first-order valence-corrected chi connectivity index (χ1v) is 8.00. The fraction of sp³-hybridized carbons (Fsp3) is 0.588. The Labute approximate surface area is 127 Å². The minimum absolute atomic E-state index is 0.127. The molecule has 1 aromatic carbocycles. The fourth-order valence-electron chi connectivity index (χ4n) is 2.97. The van der Waals surface area contributed by atoms with Crippen LogP contribution in [0.3, 0.4) is 0 Å². The van der Waals surface area contributed by atoms with Crippen molar-refractivity contribution in [2.24, 2.45) is 11.7 Å². The highest BCUT2D eigenvalue weighted by molar-refractivity contribution is 5.77. The van der Waals surface area contributed by atoms with Gasteiger partial charge < -0.3 is 16.0 Å². The zero-order chi connectivity index (χ0) is 15.2. The summed E-state index contributed by atoms with van der Waals surface area (Å²) in [5.41, 5.74) is 8.02. The molecular formula is C17H27N3O. The van der Waals surface area contributed by atoms with Crippen LogP contribution < -0.4 is 16.0 Å². The van der Waals surface area contributed by atoms with Crippen LogP contribution in [0.4, 0.5) is 5.69 Å². The van der Waals surface area contributed by atoms with Crippen molar-refractivity contribution in [3.05, 3.63) is 29.8 Å². The van der Waals surface area contributed by atoms with Gasteiger partial charge in [0.2, 0.25) is 5.91 Å². The number of fused-ring (bicyclic) bond motifs is 1. The fourth-order valence-corrected chi connectivity index (χ4v) is 2.97. The average molecular weight is 289 g/mol. The Balaban J connectivity index is 2.22. The quantitative estimate of drug-likeness (QED) is 0.845. The largest absolute Gasteiger partial charge is 0.370 e. The van der Waals surface area contributed by atoms with Crippen molar-refractivity contribution in [1.29, 1.82) is 0 Å². The third kappa shape index (κ3) is 3.97. The summed E-state index contributed by atoms with van der Waals surface area (Å²) in [5.74, 6) is -0.351. The lowest BCUT2D eigenvalue weighted by Gasteiger charge is -2.27. The molecule has 1 heterocycles. The van der Waals surface area contributed by atoms with Crippen LogP contribution >= 0.6 is 0 Å². The van der Waals surface area contributed by atoms with E-state index in [-0.39, 0.29) is 11.8 Å². The number of rotatable bonds is 6. The lowest BCUT2D eigenvalue weighted by molar-refractivity contribution is -0.121. The van der Waals surface area contributed by atoms with Gasteiger partial charge in [0.25, 0.3) is 0 Å². The Bertz CT molecular complexity index is 475. The summed E-state index contributed by atoms with van der Waals surface area (Å²) in [5, 5.41) is 3.65. The lowest BCUT2D eigenvalue weighted by atomic mass is 10.0. The summed E-state index contributed by atoms with van der Waals surface area (Å²) in [6, 6.07) is 8.95. The van der Waals surface area contributed by atoms with E-state index in [4.69, 9.17) is 5.73 Å². The van der Waals surface area contributed by atoms with Crippen LogP contribution in [0.2, 0.25) is 0 Å². The first-order valence-electron chi connectivity index (χ1n) is 8.00. The third-order valence-electron chi connectivity index (χ3n) is 4.19. The minimum atomic E-state index is -0.225. The second kappa shape index (κ2) is 7.46. The van der Waals surface area contributed by atoms with Gasteiger partial charge in [-0.2, -0.15) is 0 Å². The number of benzene rings is 1. The number of carbonyl (C=O) groups excluding carboxylic acids is 1. The highest BCUT2D eigenvalue weighted by Crippen LogP contribution is 2.33. The van der Waals surface area contributed by atoms with Crippen LogP contribution in [0.5, 0.6) is 0 Å². The van der Waals surface area contributed by atoms with Gasteiger partial charge in [0.1, 0.15) is 0 Å². The molecule has 0 bridgehead atoms. The molecule has 1 aromatic rings. The van der Waals surface area contributed by atoms with Crippen molar-refractivity contribution in [2.45, 2.75) is 39.2 Å². The number of nitrogens with zero attached hydrogens (tertiary/aromatic N) is 1. The van der Waals surface area contributed by atoms with E-state index in [2.05, 4.69) is 41.4 Å². The molecular weight excluding hydrogens is 262 g/mol. The number of nitrogens with one attached hydrogen (secondary N) is 1. The molecule has 0 saturated heterocycles. The molecule has 21 heavy (non-hydrogen) atoms. The molecule has 1 aliphatic rings. The van der Waals surface area contributed by atoms with E-state index in [1.165, 1.54) is 11.3 Å². The van der Waals surface area contributed by atoms with Gasteiger partial charge in [-0.1, -0.05) is 32.0 Å². The summed E-state index contributed by atoms with van der Waals surface area (Å²) in [6.07, 6.45) is 3.40. The molecule has 2 unspecified atom stereocenters. The molecule has 0 aliphatic carbocycles. The first kappa shape index (κ1) is 15.8. The number of anilines is 1. The van der Waals surface area contributed by atoms with Gasteiger partial charge in [-0.15, -0.1) is 0 Å². The number of para-hydroxylation sites is 1. The molecule has 0 aromatic heterocycles. The van der Waals surface area contributed by atoms with Crippen molar-refractivity contribution in [1.82, 2.24) is 5.32 Å². The SMILES string of the molecule is CCCNC1CCCN(CC(C)C(N)=O)c2ccccc21. The van der Waals surface area contributed by atoms with Gasteiger partial charge >= 0.3 is 0 Å². The number of hydrogen-bond acceptors (Lipinski definition) is 3. The van der Waals surface area contributed by atoms with E-state index >= 15 is 0 Å². The second-order valence-electron chi connectivity index (χ2n) is 5.96. The standard InChI is InChI=1S/C17H27N3O/c1-3-10-19-15-8-6-11-20(12-13(2)17(18)21)16-9-5-4-7-14(15)16/h4-5,7,9,13,15,19H,3,6,8,10-12H2,1-2H3,(H2,18,21). The Morgan fingerprint density at radius 1 is 1.48 bits per heavy atom. The molecule has 0 fully saturated rings. The van der Waals surface area contributed by atoms with Crippen LogP contribution in [-0.4, -0.2) is 25.5 Å². The molecule has 116 valence electrons. The molecule has 4 nitrogen and oxygen atoms in total. The van der Waals surface area contributed by atoms with E-state index in [1.54, 1.807) is 0 Å². The number of carbonyl (C=O) groups is 1. The van der Waals surface area contributed by atoms with Gasteiger partial charge in [-0.25, -0.2) is 0 Å². The monoisotopic (exact) mass is 289 g/mol. The van der Waals surface area contributed by atoms with Gasteiger partial charge in [0.05, 0.1) is 5.92 Å². The zero-order valence-corrected chi connectivity index (χ0v) is 13.1. The van der Waals surface area contributed by atoms with Gasteiger partial charge in [-0.05, 0) is 37.4 Å². The van der Waals surface area contributed by atoms with Crippen molar-refractivity contribution in [2.75, 3.05) is 24.5 Å². The van der Waals surface area contributed by atoms with E-state index in [1.807, 2.05) is 6.92 Å². The Morgan fingerprint density at radius 2 is 2.24 bits per heavy atom. The summed E-state index contributed by atoms with van der Waals surface area (Å²) < 4.78 is 0. The van der Waals surface area contributed by atoms with E-state index in [0.29, 0.717) is 12.6 Å². The average Bonchev–Trinajstić information content (AvgIpc) is 2.65. The zero-order valence-electron chi connectivity index (χ0n) is 13.1. The molecule has 0 saturated carbocycles. The molecule has 4 heteroatoms. The first-order chi connectivity index (χ1) is 10.1. The molecule has 0 spiro atoms. The van der Waals surface area contributed by atoms with Crippen LogP contribution in [0.25, 0.3) is 0 Å². The Hall–Kier alpha value is -1.55. The maximum absolute atomic E-state index is 11.4. The maximum atomic E-state index is 11.4. The van der Waals surface area contributed by atoms with Gasteiger partial charge in [0, 0.05) is 24.8 Å². The predicted molar refractivity (Wildman–Crippen MR) is 87.3 cm³/mol. The maximum Gasteiger partial charge on any atom is 0.222 e. The normalized spacial score (nSPS) is 19.7.